The second-order valence-electron chi connectivity index (χ2n) is 4.48. The molecule has 0 fully saturated rings. The number of amides is 1. The van der Waals surface area contributed by atoms with Crippen LogP contribution in [0.1, 0.15) is 5.69 Å². The monoisotopic (exact) mass is 336 g/mol. The van der Waals surface area contributed by atoms with E-state index in [0.29, 0.717) is 10.8 Å². The van der Waals surface area contributed by atoms with Crippen LogP contribution in [-0.4, -0.2) is 35.8 Å². The number of thiazole rings is 1. The summed E-state index contributed by atoms with van der Waals surface area (Å²) in [4.78, 5) is 32.0. The molecule has 1 N–H and O–H groups in total. The number of rotatable bonds is 4. The third-order valence-electron chi connectivity index (χ3n) is 2.82. The molecule has 0 bridgehead atoms. The van der Waals surface area contributed by atoms with Gasteiger partial charge in [-0.05, 0) is 6.92 Å². The average Bonchev–Trinajstić information content (AvgIpc) is 3.05. The number of imidazole rings is 1. The molecule has 3 heterocycles. The first-order valence-electron chi connectivity index (χ1n) is 6.30. The van der Waals surface area contributed by atoms with Crippen molar-refractivity contribution in [1.29, 1.82) is 0 Å². The number of hydrogen-bond acceptors (Lipinski definition) is 7. The van der Waals surface area contributed by atoms with Crippen molar-refractivity contribution in [2.75, 3.05) is 11.1 Å². The number of hydrogen-bond donors (Lipinski definition) is 1. The zero-order chi connectivity index (χ0) is 15.7. The van der Waals surface area contributed by atoms with E-state index in [-0.39, 0.29) is 22.9 Å². The van der Waals surface area contributed by atoms with Crippen LogP contribution in [0.4, 0.5) is 5.82 Å². The van der Waals surface area contributed by atoms with Crippen LogP contribution >= 0.6 is 23.1 Å². The maximum absolute atomic E-state index is 12.0. The summed E-state index contributed by atoms with van der Waals surface area (Å²) < 4.78 is 3.31. The molecule has 0 saturated heterocycles. The van der Waals surface area contributed by atoms with Gasteiger partial charge in [0.1, 0.15) is 11.5 Å². The zero-order valence-electron chi connectivity index (χ0n) is 11.8. The third kappa shape index (κ3) is 2.88. The molecule has 8 nitrogen and oxygen atoms in total. The number of carbonyl (C=O) groups is 1. The van der Waals surface area contributed by atoms with Gasteiger partial charge in [-0.1, -0.05) is 11.8 Å². The smallest absolute Gasteiger partial charge is 0.295 e. The summed E-state index contributed by atoms with van der Waals surface area (Å²) in [5.41, 5.74) is -0.0705. The Morgan fingerprint density at radius 3 is 3.05 bits per heavy atom. The summed E-state index contributed by atoms with van der Waals surface area (Å²) >= 11 is 2.59. The van der Waals surface area contributed by atoms with E-state index >= 15 is 0 Å². The lowest BCUT2D eigenvalue weighted by Crippen LogP contribution is -2.19. The average molecular weight is 336 g/mol. The van der Waals surface area contributed by atoms with E-state index < -0.39 is 0 Å². The lowest BCUT2D eigenvalue weighted by atomic mass is 10.5. The van der Waals surface area contributed by atoms with Crippen molar-refractivity contribution >= 4 is 39.8 Å². The van der Waals surface area contributed by atoms with Gasteiger partial charge in [-0.3, -0.25) is 9.59 Å². The quantitative estimate of drug-likeness (QED) is 0.712. The maximum atomic E-state index is 12.0. The van der Waals surface area contributed by atoms with Crippen LogP contribution in [0.3, 0.4) is 0 Å². The van der Waals surface area contributed by atoms with Gasteiger partial charge >= 0.3 is 0 Å². The molecule has 0 atom stereocenters. The Hall–Kier alpha value is -2.20. The van der Waals surface area contributed by atoms with Crippen LogP contribution in [0.15, 0.2) is 27.7 Å². The van der Waals surface area contributed by atoms with Crippen molar-refractivity contribution in [1.82, 2.24) is 24.1 Å². The van der Waals surface area contributed by atoms with Crippen LogP contribution < -0.4 is 10.9 Å². The number of aromatic nitrogens is 5. The predicted molar refractivity (Wildman–Crippen MR) is 84.4 cm³/mol. The molecule has 3 aromatic heterocycles. The molecule has 0 aliphatic carbocycles. The van der Waals surface area contributed by atoms with Crippen molar-refractivity contribution in [3.05, 3.63) is 33.8 Å². The summed E-state index contributed by atoms with van der Waals surface area (Å²) in [6.07, 6.45) is 3.50. The van der Waals surface area contributed by atoms with Crippen molar-refractivity contribution < 1.29 is 4.79 Å². The number of aryl methyl sites for hydroxylation is 2. The molecule has 114 valence electrons. The van der Waals surface area contributed by atoms with E-state index in [0.717, 1.165) is 5.16 Å². The van der Waals surface area contributed by atoms with Gasteiger partial charge < -0.3 is 9.88 Å². The van der Waals surface area contributed by atoms with E-state index in [1.54, 1.807) is 18.5 Å². The SMILES string of the molecule is Cc1nn2c(NC(=O)CSc3nccn3C)csc2nc1=O. The first kappa shape index (κ1) is 14.7. The van der Waals surface area contributed by atoms with Gasteiger partial charge in [-0.2, -0.15) is 14.6 Å². The lowest BCUT2D eigenvalue weighted by Gasteiger charge is -2.04. The molecule has 0 aliphatic heterocycles. The van der Waals surface area contributed by atoms with Crippen molar-refractivity contribution in [2.24, 2.45) is 7.05 Å². The second-order valence-corrected chi connectivity index (χ2v) is 6.25. The van der Waals surface area contributed by atoms with Gasteiger partial charge in [0.2, 0.25) is 10.9 Å². The number of nitrogens with one attached hydrogen (secondary N) is 1. The Balaban J connectivity index is 1.73. The largest absolute Gasteiger partial charge is 0.329 e. The zero-order valence-corrected chi connectivity index (χ0v) is 13.4. The number of thioether (sulfide) groups is 1. The first-order valence-corrected chi connectivity index (χ1v) is 8.16. The number of nitrogens with zero attached hydrogens (tertiary/aromatic N) is 5. The maximum Gasteiger partial charge on any atom is 0.295 e. The molecule has 0 spiro atoms. The molecule has 0 unspecified atom stereocenters. The highest BCUT2D eigenvalue weighted by Crippen LogP contribution is 2.18. The lowest BCUT2D eigenvalue weighted by molar-refractivity contribution is -0.113. The minimum atomic E-state index is -0.356. The first-order chi connectivity index (χ1) is 10.5. The number of carbonyl (C=O) groups excluding carboxylic acids is 1. The van der Waals surface area contributed by atoms with Gasteiger partial charge in [0.05, 0.1) is 5.75 Å². The molecule has 22 heavy (non-hydrogen) atoms. The minimum absolute atomic E-state index is 0.175. The fourth-order valence-electron chi connectivity index (χ4n) is 1.72. The van der Waals surface area contributed by atoms with E-state index in [4.69, 9.17) is 0 Å². The normalized spacial score (nSPS) is 11.0. The van der Waals surface area contributed by atoms with Gasteiger partial charge in [0.15, 0.2) is 5.16 Å². The van der Waals surface area contributed by atoms with Crippen molar-refractivity contribution in [3.63, 3.8) is 0 Å². The molecule has 0 saturated carbocycles. The highest BCUT2D eigenvalue weighted by molar-refractivity contribution is 7.99. The summed E-state index contributed by atoms with van der Waals surface area (Å²) in [7, 11) is 1.87. The van der Waals surface area contributed by atoms with E-state index in [1.165, 1.54) is 27.6 Å². The third-order valence-corrected chi connectivity index (χ3v) is 4.69. The van der Waals surface area contributed by atoms with Crippen molar-refractivity contribution in [3.8, 4) is 0 Å². The summed E-state index contributed by atoms with van der Waals surface area (Å²) in [6, 6.07) is 0. The Kier molecular flexibility index (Phi) is 3.94. The molecular weight excluding hydrogens is 324 g/mol. The highest BCUT2D eigenvalue weighted by atomic mass is 32.2. The van der Waals surface area contributed by atoms with Crippen LogP contribution in [0.2, 0.25) is 0 Å². The highest BCUT2D eigenvalue weighted by Gasteiger charge is 2.12. The Morgan fingerprint density at radius 2 is 2.32 bits per heavy atom. The summed E-state index contributed by atoms with van der Waals surface area (Å²) in [5, 5.41) is 9.37. The fourth-order valence-corrected chi connectivity index (χ4v) is 3.21. The summed E-state index contributed by atoms with van der Waals surface area (Å²) in [5.74, 6) is 0.557. The van der Waals surface area contributed by atoms with E-state index in [9.17, 15) is 9.59 Å². The number of fused-ring (bicyclic) bond motifs is 1. The predicted octanol–water partition coefficient (Wildman–Crippen LogP) is 0.924. The minimum Gasteiger partial charge on any atom is -0.329 e. The van der Waals surface area contributed by atoms with Gasteiger partial charge in [0.25, 0.3) is 5.56 Å². The topological polar surface area (TPSA) is 94.2 Å². The van der Waals surface area contributed by atoms with Crippen LogP contribution in [0.25, 0.3) is 4.96 Å². The standard InChI is InChI=1S/C12H12N6O2S2/c1-7-10(20)15-12-18(16-7)8(5-21-12)14-9(19)6-22-11-13-3-4-17(11)2/h3-5H,6H2,1-2H3,(H,14,19). The number of anilines is 1. The van der Waals surface area contributed by atoms with Crippen LogP contribution in [0, 0.1) is 6.92 Å². The summed E-state index contributed by atoms with van der Waals surface area (Å²) in [6.45, 7) is 1.59. The second kappa shape index (κ2) is 5.89. The Morgan fingerprint density at radius 1 is 1.50 bits per heavy atom. The molecule has 0 aliphatic rings. The fraction of sp³-hybridized carbons (Fsp3) is 0.250. The molecule has 0 aromatic carbocycles. The van der Waals surface area contributed by atoms with Crippen LogP contribution in [-0.2, 0) is 11.8 Å². The van der Waals surface area contributed by atoms with Gasteiger partial charge in [-0.25, -0.2) is 4.98 Å². The van der Waals surface area contributed by atoms with Gasteiger partial charge in [-0.15, -0.1) is 11.3 Å². The Labute approximate surface area is 133 Å². The molecule has 0 radical (unpaired) electrons. The molecular formula is C12H12N6O2S2. The van der Waals surface area contributed by atoms with E-state index in [1.807, 2.05) is 17.8 Å². The molecule has 3 aromatic rings. The molecule has 1 amide bonds. The van der Waals surface area contributed by atoms with Crippen molar-refractivity contribution in [2.45, 2.75) is 12.1 Å². The Bertz CT molecular complexity index is 897. The van der Waals surface area contributed by atoms with E-state index in [2.05, 4.69) is 20.4 Å². The van der Waals surface area contributed by atoms with Gasteiger partial charge in [0, 0.05) is 24.8 Å². The molecule has 10 heteroatoms. The molecule has 3 rings (SSSR count). The van der Waals surface area contributed by atoms with Crippen LogP contribution in [0.5, 0.6) is 0 Å².